The molecule has 0 bridgehead atoms. The Labute approximate surface area is 238 Å². The number of anilines is 1. The fraction of sp³-hybridized carbons (Fsp3) is 0.143. The van der Waals surface area contributed by atoms with E-state index >= 15 is 0 Å². The van der Waals surface area contributed by atoms with Crippen LogP contribution in [0.2, 0.25) is 0 Å². The number of hydrogen-bond acceptors (Lipinski definition) is 6. The van der Waals surface area contributed by atoms with Crippen molar-refractivity contribution in [2.24, 2.45) is 0 Å². The summed E-state index contributed by atoms with van der Waals surface area (Å²) >= 11 is 1.14. The monoisotopic (exact) mass is 604 g/mol. The van der Waals surface area contributed by atoms with Crippen LogP contribution in [0.1, 0.15) is 32.6 Å². The minimum Gasteiger partial charge on any atom is -0.497 e. The first-order valence-electron chi connectivity index (χ1n) is 11.8. The summed E-state index contributed by atoms with van der Waals surface area (Å²) in [5, 5.41) is 12.0. The highest BCUT2D eigenvalue weighted by Gasteiger charge is 2.37. The number of aromatic nitrogens is 2. The van der Waals surface area contributed by atoms with Gasteiger partial charge >= 0.3 is 12.4 Å². The predicted molar refractivity (Wildman–Crippen MR) is 142 cm³/mol. The number of methoxy groups -OCH3 is 1. The van der Waals surface area contributed by atoms with Crippen LogP contribution in [0.4, 0.5) is 32.0 Å². The van der Waals surface area contributed by atoms with Crippen molar-refractivity contribution in [2.75, 3.05) is 12.4 Å². The van der Waals surface area contributed by atoms with Gasteiger partial charge in [-0.2, -0.15) is 31.6 Å². The molecule has 0 spiro atoms. The van der Waals surface area contributed by atoms with E-state index in [1.165, 1.54) is 19.2 Å². The number of benzene rings is 3. The van der Waals surface area contributed by atoms with E-state index < -0.39 is 40.5 Å². The van der Waals surface area contributed by atoms with E-state index in [2.05, 4.69) is 15.3 Å². The van der Waals surface area contributed by atoms with Gasteiger partial charge in [-0.3, -0.25) is 9.59 Å². The van der Waals surface area contributed by atoms with Crippen LogP contribution in [-0.2, 0) is 18.1 Å². The standard InChI is InChI=1S/C28H18F6N4O3S/c1-41-21-4-2-3-16(11-21)23-22(13-35)25(40)38-26(37-23)42-14-15-5-7-20(8-6-15)36-24(39)17-9-18(27(29,30)31)12-19(10-17)28(32,33)34/h2-12H,14H2,1H3,(H,36,39)(H,37,38,40). The zero-order chi connectivity index (χ0) is 30.7. The van der Waals surface area contributed by atoms with Crippen LogP contribution >= 0.6 is 11.8 Å². The number of carbonyl (C=O) groups is 1. The lowest BCUT2D eigenvalue weighted by molar-refractivity contribution is -0.143. The number of aromatic amines is 1. The predicted octanol–water partition coefficient (Wildman–Crippen LogP) is 6.90. The highest BCUT2D eigenvalue weighted by molar-refractivity contribution is 7.98. The molecule has 3 aromatic carbocycles. The van der Waals surface area contributed by atoms with Gasteiger partial charge in [0.05, 0.1) is 23.9 Å². The molecule has 2 N–H and O–H groups in total. The van der Waals surface area contributed by atoms with E-state index in [4.69, 9.17) is 4.74 Å². The van der Waals surface area contributed by atoms with Crippen LogP contribution in [0.25, 0.3) is 11.3 Å². The highest BCUT2D eigenvalue weighted by atomic mass is 32.2. The fourth-order valence-electron chi connectivity index (χ4n) is 3.73. The number of amides is 1. The van der Waals surface area contributed by atoms with Crippen molar-refractivity contribution in [1.29, 1.82) is 5.26 Å². The van der Waals surface area contributed by atoms with Crippen molar-refractivity contribution in [3.8, 4) is 23.1 Å². The number of rotatable bonds is 7. The molecule has 0 aliphatic rings. The molecule has 4 rings (SSSR count). The Morgan fingerprint density at radius 2 is 1.64 bits per heavy atom. The van der Waals surface area contributed by atoms with Crippen LogP contribution < -0.4 is 15.6 Å². The average molecular weight is 605 g/mol. The second kappa shape index (κ2) is 12.0. The molecule has 0 aliphatic heterocycles. The number of carbonyl (C=O) groups excluding carboxylic acids is 1. The molecule has 0 aliphatic carbocycles. The van der Waals surface area contributed by atoms with Crippen LogP contribution in [0.15, 0.2) is 76.7 Å². The summed E-state index contributed by atoms with van der Waals surface area (Å²) in [4.78, 5) is 32.0. The first kappa shape index (κ1) is 30.2. The Bertz CT molecular complexity index is 1700. The molecule has 216 valence electrons. The van der Waals surface area contributed by atoms with Gasteiger partial charge < -0.3 is 15.0 Å². The van der Waals surface area contributed by atoms with E-state index in [-0.39, 0.29) is 33.9 Å². The lowest BCUT2D eigenvalue weighted by Gasteiger charge is -2.14. The number of halogens is 6. The van der Waals surface area contributed by atoms with Crippen LogP contribution in [0.5, 0.6) is 5.75 Å². The van der Waals surface area contributed by atoms with E-state index in [0.29, 0.717) is 29.0 Å². The second-order valence-electron chi connectivity index (χ2n) is 8.67. The third-order valence-electron chi connectivity index (χ3n) is 5.79. The topological polar surface area (TPSA) is 108 Å². The van der Waals surface area contributed by atoms with Gasteiger partial charge in [0.2, 0.25) is 0 Å². The molecule has 4 aromatic rings. The highest BCUT2D eigenvalue weighted by Crippen LogP contribution is 2.36. The summed E-state index contributed by atoms with van der Waals surface area (Å²) in [5.74, 6) is -0.365. The smallest absolute Gasteiger partial charge is 0.416 e. The summed E-state index contributed by atoms with van der Waals surface area (Å²) in [5.41, 5.74) is -3.32. The second-order valence-corrected chi connectivity index (χ2v) is 9.64. The molecule has 0 fully saturated rings. The molecule has 14 heteroatoms. The van der Waals surface area contributed by atoms with Crippen molar-refractivity contribution in [3.05, 3.63) is 105 Å². The van der Waals surface area contributed by atoms with Gasteiger partial charge in [0.1, 0.15) is 17.4 Å². The van der Waals surface area contributed by atoms with E-state index in [1.54, 1.807) is 36.4 Å². The van der Waals surface area contributed by atoms with Crippen molar-refractivity contribution in [1.82, 2.24) is 9.97 Å². The minimum atomic E-state index is -5.08. The van der Waals surface area contributed by atoms with E-state index in [0.717, 1.165) is 11.8 Å². The summed E-state index contributed by atoms with van der Waals surface area (Å²) in [6.07, 6.45) is -10.2. The molecule has 7 nitrogen and oxygen atoms in total. The van der Waals surface area contributed by atoms with E-state index in [1.807, 2.05) is 6.07 Å². The molecule has 0 saturated carbocycles. The van der Waals surface area contributed by atoms with Gasteiger partial charge in [-0.15, -0.1) is 0 Å². The van der Waals surface area contributed by atoms with Crippen molar-refractivity contribution < 1.29 is 35.9 Å². The number of nitriles is 1. The molecule has 1 amide bonds. The van der Waals surface area contributed by atoms with Gasteiger partial charge in [-0.1, -0.05) is 36.0 Å². The Balaban J connectivity index is 1.49. The first-order chi connectivity index (χ1) is 19.8. The quantitative estimate of drug-likeness (QED) is 0.135. The maximum Gasteiger partial charge on any atom is 0.416 e. The molecule has 0 unspecified atom stereocenters. The summed E-state index contributed by atoms with van der Waals surface area (Å²) < 4.78 is 83.9. The van der Waals surface area contributed by atoms with Crippen LogP contribution in [0.3, 0.4) is 0 Å². The van der Waals surface area contributed by atoms with Gasteiger partial charge in [0, 0.05) is 22.6 Å². The summed E-state index contributed by atoms with van der Waals surface area (Å²) in [6.45, 7) is 0. The Morgan fingerprint density at radius 3 is 2.21 bits per heavy atom. The van der Waals surface area contributed by atoms with E-state index in [9.17, 15) is 41.2 Å². The molecule has 1 aromatic heterocycles. The Morgan fingerprint density at radius 1 is 1.00 bits per heavy atom. The number of nitrogens with zero attached hydrogens (tertiary/aromatic N) is 2. The minimum absolute atomic E-state index is 0.0567. The maximum absolute atomic E-state index is 13.1. The number of thioether (sulfide) groups is 1. The molecule has 42 heavy (non-hydrogen) atoms. The molecule has 0 atom stereocenters. The van der Waals surface area contributed by atoms with Crippen molar-refractivity contribution in [3.63, 3.8) is 0 Å². The number of alkyl halides is 6. The van der Waals surface area contributed by atoms with Gasteiger partial charge in [-0.05, 0) is 48.0 Å². The zero-order valence-corrected chi connectivity index (χ0v) is 22.2. The fourth-order valence-corrected chi connectivity index (χ4v) is 4.55. The van der Waals surface area contributed by atoms with Gasteiger partial charge in [0.15, 0.2) is 5.16 Å². The molecular weight excluding hydrogens is 586 g/mol. The normalized spacial score (nSPS) is 11.6. The van der Waals surface area contributed by atoms with Gasteiger partial charge in [-0.25, -0.2) is 4.98 Å². The molecule has 0 radical (unpaired) electrons. The molecule has 1 heterocycles. The average Bonchev–Trinajstić information content (AvgIpc) is 2.95. The number of hydrogen-bond donors (Lipinski definition) is 2. The zero-order valence-electron chi connectivity index (χ0n) is 21.4. The summed E-state index contributed by atoms with van der Waals surface area (Å²) in [7, 11) is 1.47. The molecule has 0 saturated heterocycles. The Hall–Kier alpha value is -4.77. The molecular formula is C28H18F6N4O3S. The number of H-pyrrole nitrogens is 1. The van der Waals surface area contributed by atoms with Crippen LogP contribution in [-0.4, -0.2) is 23.0 Å². The lowest BCUT2D eigenvalue weighted by atomic mass is 10.0. The first-order valence-corrected chi connectivity index (χ1v) is 12.8. The van der Waals surface area contributed by atoms with Crippen molar-refractivity contribution in [2.45, 2.75) is 23.3 Å². The Kier molecular flexibility index (Phi) is 8.62. The third kappa shape index (κ3) is 7.10. The lowest BCUT2D eigenvalue weighted by Crippen LogP contribution is -2.17. The largest absolute Gasteiger partial charge is 0.497 e. The SMILES string of the molecule is COc1cccc(-c2nc(SCc3ccc(NC(=O)c4cc(C(F)(F)F)cc(C(F)(F)F)c4)cc3)[nH]c(=O)c2C#N)c1. The number of nitrogens with one attached hydrogen (secondary N) is 2. The summed E-state index contributed by atoms with van der Waals surface area (Å²) in [6, 6.07) is 15.2. The maximum atomic E-state index is 13.1. The van der Waals surface area contributed by atoms with Crippen LogP contribution in [0, 0.1) is 11.3 Å². The van der Waals surface area contributed by atoms with Crippen molar-refractivity contribution >= 4 is 23.4 Å². The van der Waals surface area contributed by atoms with Gasteiger partial charge in [0.25, 0.3) is 11.5 Å². The number of ether oxygens (including phenoxy) is 1. The third-order valence-corrected chi connectivity index (χ3v) is 6.73.